The van der Waals surface area contributed by atoms with Crippen molar-refractivity contribution in [2.24, 2.45) is 0 Å². The Morgan fingerprint density at radius 3 is 2.58 bits per heavy atom. The fraction of sp³-hybridized carbons (Fsp3) is 0.143. The van der Waals surface area contributed by atoms with Crippen molar-refractivity contribution in [1.82, 2.24) is 4.98 Å². The number of hydrogen-bond donors (Lipinski definition) is 1. The van der Waals surface area contributed by atoms with Gasteiger partial charge < -0.3 is 5.11 Å². The zero-order valence-electron chi connectivity index (χ0n) is 5.84. The molecular formula is C7H7ClLiNO2. The Kier molecular flexibility index (Phi) is 4.33. The van der Waals surface area contributed by atoms with Gasteiger partial charge in [0.25, 0.3) is 0 Å². The van der Waals surface area contributed by atoms with Gasteiger partial charge in [-0.05, 0) is 19.1 Å². The fourth-order valence-corrected chi connectivity index (χ4v) is 0.876. The Morgan fingerprint density at radius 2 is 2.17 bits per heavy atom. The van der Waals surface area contributed by atoms with Gasteiger partial charge in [0, 0.05) is 5.69 Å². The molecule has 0 aliphatic rings. The molecule has 0 saturated carbocycles. The molecule has 3 nitrogen and oxygen atoms in total. The van der Waals surface area contributed by atoms with Gasteiger partial charge in [-0.25, -0.2) is 9.78 Å². The van der Waals surface area contributed by atoms with Crippen LogP contribution in [-0.2, 0) is 0 Å². The first-order chi connectivity index (χ1) is 5.11. The van der Waals surface area contributed by atoms with Crippen LogP contribution in [0.4, 0.5) is 0 Å². The number of carbonyl (C=O) groups is 1. The molecule has 1 rings (SSSR count). The van der Waals surface area contributed by atoms with Crippen molar-refractivity contribution in [3.05, 3.63) is 28.5 Å². The summed E-state index contributed by atoms with van der Waals surface area (Å²) in [5.74, 6) is -1.10. The number of carboxylic acids is 1. The first-order valence-corrected chi connectivity index (χ1v) is 3.35. The van der Waals surface area contributed by atoms with Crippen LogP contribution in [0, 0.1) is 6.92 Å². The molecule has 1 aromatic rings. The average molecular weight is 180 g/mol. The number of aromatic nitrogens is 1. The van der Waals surface area contributed by atoms with E-state index in [0.717, 1.165) is 0 Å². The number of halogens is 1. The third-order valence-electron chi connectivity index (χ3n) is 1.19. The van der Waals surface area contributed by atoms with Crippen LogP contribution in [0.5, 0.6) is 0 Å². The molecule has 0 amide bonds. The summed E-state index contributed by atoms with van der Waals surface area (Å²) in [6, 6.07) is 3.18. The van der Waals surface area contributed by atoms with E-state index in [1.165, 1.54) is 6.07 Å². The molecule has 0 spiro atoms. The molecule has 1 heterocycles. The quantitative estimate of drug-likeness (QED) is 0.657. The van der Waals surface area contributed by atoms with Gasteiger partial charge in [0.15, 0.2) is 5.69 Å². The number of nitrogens with zero attached hydrogens (tertiary/aromatic N) is 1. The average Bonchev–Trinajstić information content (AvgIpc) is 1.94. The number of aromatic carboxylic acids is 1. The Labute approximate surface area is 86.9 Å². The minimum absolute atomic E-state index is 0. The van der Waals surface area contributed by atoms with Gasteiger partial charge >= 0.3 is 24.8 Å². The van der Waals surface area contributed by atoms with E-state index in [4.69, 9.17) is 16.7 Å². The van der Waals surface area contributed by atoms with E-state index in [9.17, 15) is 4.79 Å². The summed E-state index contributed by atoms with van der Waals surface area (Å²) in [5.41, 5.74) is 0.554. The van der Waals surface area contributed by atoms with Crippen LogP contribution in [0.15, 0.2) is 12.1 Å². The fourth-order valence-electron chi connectivity index (χ4n) is 0.690. The van der Waals surface area contributed by atoms with Crippen LogP contribution in [0.2, 0.25) is 5.02 Å². The van der Waals surface area contributed by atoms with Crippen molar-refractivity contribution >= 4 is 36.4 Å². The van der Waals surface area contributed by atoms with E-state index in [-0.39, 0.29) is 29.6 Å². The molecule has 0 unspecified atom stereocenters. The predicted octanol–water partition coefficient (Wildman–Crippen LogP) is 1.09. The van der Waals surface area contributed by atoms with Crippen molar-refractivity contribution in [2.45, 2.75) is 6.92 Å². The van der Waals surface area contributed by atoms with E-state index in [2.05, 4.69) is 4.98 Å². The molecular weight excluding hydrogens is 172 g/mol. The standard InChI is InChI=1S/C7H6ClNO2.Li.H/c1-4-2-3-5(8)6(9-4)7(10)11;;/h2-3H,1H3,(H,10,11);;. The third kappa shape index (κ3) is 2.53. The number of hydrogen-bond acceptors (Lipinski definition) is 2. The molecule has 0 aliphatic carbocycles. The van der Waals surface area contributed by atoms with Crippen LogP contribution < -0.4 is 0 Å². The van der Waals surface area contributed by atoms with E-state index >= 15 is 0 Å². The van der Waals surface area contributed by atoms with E-state index in [1.54, 1.807) is 13.0 Å². The van der Waals surface area contributed by atoms with Crippen molar-refractivity contribution in [1.29, 1.82) is 0 Å². The molecule has 0 aromatic carbocycles. The van der Waals surface area contributed by atoms with Crippen molar-refractivity contribution < 1.29 is 9.90 Å². The van der Waals surface area contributed by atoms with Crippen LogP contribution in [0.3, 0.4) is 0 Å². The number of aryl methyl sites for hydroxylation is 1. The Bertz CT molecular complexity index is 303. The van der Waals surface area contributed by atoms with Gasteiger partial charge in [0.05, 0.1) is 5.02 Å². The Balaban J connectivity index is 0.00000121. The van der Waals surface area contributed by atoms with Gasteiger partial charge in [-0.1, -0.05) is 11.6 Å². The summed E-state index contributed by atoms with van der Waals surface area (Å²) in [7, 11) is 0. The summed E-state index contributed by atoms with van der Waals surface area (Å²) < 4.78 is 0. The summed E-state index contributed by atoms with van der Waals surface area (Å²) in [4.78, 5) is 14.2. The molecule has 60 valence electrons. The predicted molar refractivity (Wildman–Crippen MR) is 48.1 cm³/mol. The zero-order valence-corrected chi connectivity index (χ0v) is 6.59. The van der Waals surface area contributed by atoms with Gasteiger partial charge in [-0.15, -0.1) is 0 Å². The van der Waals surface area contributed by atoms with E-state index < -0.39 is 5.97 Å². The molecule has 0 fully saturated rings. The maximum absolute atomic E-state index is 10.4. The molecule has 5 heteroatoms. The number of pyridine rings is 1. The summed E-state index contributed by atoms with van der Waals surface area (Å²) in [5, 5.41) is 8.71. The van der Waals surface area contributed by atoms with Crippen LogP contribution in [-0.4, -0.2) is 34.9 Å². The topological polar surface area (TPSA) is 50.2 Å². The van der Waals surface area contributed by atoms with Crippen molar-refractivity contribution in [2.75, 3.05) is 0 Å². The normalized spacial score (nSPS) is 8.83. The second-order valence-electron chi connectivity index (χ2n) is 2.09. The third-order valence-corrected chi connectivity index (χ3v) is 1.49. The van der Waals surface area contributed by atoms with E-state index in [0.29, 0.717) is 5.69 Å². The maximum atomic E-state index is 10.4. The molecule has 1 N–H and O–H groups in total. The molecule has 0 saturated heterocycles. The molecule has 0 atom stereocenters. The van der Waals surface area contributed by atoms with Crippen LogP contribution in [0.1, 0.15) is 16.2 Å². The molecule has 1 aromatic heterocycles. The summed E-state index contributed by atoms with van der Waals surface area (Å²) in [6.07, 6.45) is 0. The first kappa shape index (κ1) is 11.5. The second-order valence-corrected chi connectivity index (χ2v) is 2.50. The SMILES string of the molecule is Cc1ccc(Cl)c(C(=O)O)n1.[LiH]. The van der Waals surface area contributed by atoms with Crippen molar-refractivity contribution in [3.63, 3.8) is 0 Å². The summed E-state index contributed by atoms with van der Waals surface area (Å²) >= 11 is 5.55. The molecule has 0 bridgehead atoms. The van der Waals surface area contributed by atoms with Gasteiger partial charge in [-0.3, -0.25) is 0 Å². The van der Waals surface area contributed by atoms with Gasteiger partial charge in [0.1, 0.15) is 0 Å². The molecule has 0 radical (unpaired) electrons. The molecule has 12 heavy (non-hydrogen) atoms. The van der Waals surface area contributed by atoms with Crippen molar-refractivity contribution in [3.8, 4) is 0 Å². The van der Waals surface area contributed by atoms with Gasteiger partial charge in [0.2, 0.25) is 0 Å². The Morgan fingerprint density at radius 1 is 1.58 bits per heavy atom. The van der Waals surface area contributed by atoms with Crippen LogP contribution in [0.25, 0.3) is 0 Å². The number of carboxylic acid groups (broad SMARTS) is 1. The monoisotopic (exact) mass is 179 g/mol. The number of rotatable bonds is 1. The minimum atomic E-state index is -1.10. The summed E-state index contributed by atoms with van der Waals surface area (Å²) in [6.45, 7) is 1.71. The van der Waals surface area contributed by atoms with Gasteiger partial charge in [-0.2, -0.15) is 0 Å². The molecule has 0 aliphatic heterocycles. The van der Waals surface area contributed by atoms with E-state index in [1.807, 2.05) is 0 Å². The first-order valence-electron chi connectivity index (χ1n) is 2.97. The van der Waals surface area contributed by atoms with Crippen LogP contribution >= 0.6 is 11.6 Å². The Hall–Kier alpha value is -0.493. The second kappa shape index (κ2) is 4.51. The zero-order chi connectivity index (χ0) is 8.43.